The molecule has 2 N–H and O–H groups in total. The second kappa shape index (κ2) is 6.75. The van der Waals surface area contributed by atoms with E-state index in [4.69, 9.17) is 0 Å². The zero-order chi connectivity index (χ0) is 15.4. The molecule has 2 atom stereocenters. The van der Waals surface area contributed by atoms with Crippen LogP contribution in [0.2, 0.25) is 0 Å². The van der Waals surface area contributed by atoms with Crippen molar-refractivity contribution in [2.24, 2.45) is 0 Å². The summed E-state index contributed by atoms with van der Waals surface area (Å²) in [4.78, 5) is 33.1. The minimum atomic E-state index is -0.966. The van der Waals surface area contributed by atoms with Crippen LogP contribution in [0.15, 0.2) is 12.3 Å². The number of amides is 2. The van der Waals surface area contributed by atoms with Crippen molar-refractivity contribution >= 4 is 23.8 Å². The van der Waals surface area contributed by atoms with E-state index in [2.05, 4.69) is 15.3 Å². The molecule has 1 saturated heterocycles. The summed E-state index contributed by atoms with van der Waals surface area (Å²) in [5, 5.41) is 11.9. The number of nitrogens with one attached hydrogen (secondary N) is 1. The third-order valence-electron chi connectivity index (χ3n) is 3.22. The molecule has 1 aliphatic rings. The number of aromatic nitrogens is 2. The standard InChI is InChI=1S/C13H18N4O3S/c1-3-11-17(10(7-21-11)12(18)19)13(20)15-6-9-4-5-14-8(2)16-9/h4-5,10-11H,3,6-7H2,1-2H3,(H,15,20)(H,18,19). The number of aliphatic carboxylic acids is 1. The van der Waals surface area contributed by atoms with Crippen molar-refractivity contribution in [3.8, 4) is 0 Å². The normalized spacial score (nSPS) is 21.3. The Morgan fingerprint density at radius 3 is 2.95 bits per heavy atom. The molecule has 2 amide bonds. The molecule has 7 nitrogen and oxygen atoms in total. The lowest BCUT2D eigenvalue weighted by Crippen LogP contribution is -2.49. The SMILES string of the molecule is CCC1SCC(C(=O)O)N1C(=O)NCc1ccnc(C)n1. The van der Waals surface area contributed by atoms with Crippen LogP contribution < -0.4 is 5.32 Å². The molecule has 1 aromatic rings. The first kappa shape index (κ1) is 15.6. The summed E-state index contributed by atoms with van der Waals surface area (Å²) in [6.45, 7) is 3.97. The number of hydrogen-bond acceptors (Lipinski definition) is 5. The van der Waals surface area contributed by atoms with Crippen LogP contribution in [0.4, 0.5) is 4.79 Å². The van der Waals surface area contributed by atoms with Gasteiger partial charge in [0.05, 0.1) is 17.6 Å². The molecule has 0 aromatic carbocycles. The van der Waals surface area contributed by atoms with Gasteiger partial charge in [0.25, 0.3) is 0 Å². The first-order valence-electron chi connectivity index (χ1n) is 6.72. The lowest BCUT2D eigenvalue weighted by atomic mass is 10.2. The molecule has 0 spiro atoms. The van der Waals surface area contributed by atoms with Gasteiger partial charge in [0.15, 0.2) is 0 Å². The number of hydrogen-bond donors (Lipinski definition) is 2. The molecule has 114 valence electrons. The van der Waals surface area contributed by atoms with Crippen molar-refractivity contribution in [3.63, 3.8) is 0 Å². The molecule has 0 radical (unpaired) electrons. The van der Waals surface area contributed by atoms with Gasteiger partial charge in [0.1, 0.15) is 11.9 Å². The lowest BCUT2D eigenvalue weighted by molar-refractivity contribution is -0.141. The molecule has 0 saturated carbocycles. The molecule has 21 heavy (non-hydrogen) atoms. The van der Waals surface area contributed by atoms with Crippen LogP contribution in [0.3, 0.4) is 0 Å². The number of carbonyl (C=O) groups excluding carboxylic acids is 1. The van der Waals surface area contributed by atoms with Crippen LogP contribution in [-0.2, 0) is 11.3 Å². The molecule has 2 unspecified atom stereocenters. The summed E-state index contributed by atoms with van der Waals surface area (Å²) in [6, 6.07) is 0.584. The zero-order valence-corrected chi connectivity index (χ0v) is 12.8. The molecule has 1 aliphatic heterocycles. The summed E-state index contributed by atoms with van der Waals surface area (Å²) in [7, 11) is 0. The number of carboxylic acid groups (broad SMARTS) is 1. The van der Waals surface area contributed by atoms with Crippen LogP contribution in [0.1, 0.15) is 24.9 Å². The Hall–Kier alpha value is -1.83. The Morgan fingerprint density at radius 2 is 2.33 bits per heavy atom. The van der Waals surface area contributed by atoms with Crippen molar-refractivity contribution in [2.75, 3.05) is 5.75 Å². The molecule has 8 heteroatoms. The number of carbonyl (C=O) groups is 2. The third kappa shape index (κ3) is 3.63. The fourth-order valence-electron chi connectivity index (χ4n) is 2.20. The highest BCUT2D eigenvalue weighted by atomic mass is 32.2. The van der Waals surface area contributed by atoms with E-state index < -0.39 is 12.0 Å². The van der Waals surface area contributed by atoms with Crippen LogP contribution in [0, 0.1) is 6.92 Å². The largest absolute Gasteiger partial charge is 0.480 e. The quantitative estimate of drug-likeness (QED) is 0.868. The van der Waals surface area contributed by atoms with Crippen LogP contribution in [-0.4, -0.2) is 49.1 Å². The van der Waals surface area contributed by atoms with Crippen molar-refractivity contribution in [1.82, 2.24) is 20.2 Å². The van der Waals surface area contributed by atoms with Gasteiger partial charge in [-0.25, -0.2) is 19.6 Å². The number of nitrogens with zero attached hydrogens (tertiary/aromatic N) is 3. The maximum atomic E-state index is 12.3. The van der Waals surface area contributed by atoms with Gasteiger partial charge < -0.3 is 10.4 Å². The molecular formula is C13H18N4O3S. The monoisotopic (exact) mass is 310 g/mol. The van der Waals surface area contributed by atoms with E-state index in [0.29, 0.717) is 23.7 Å². The molecule has 2 heterocycles. The number of rotatable bonds is 4. The molecule has 1 aromatic heterocycles. The molecule has 2 rings (SSSR count). The van der Waals surface area contributed by atoms with Crippen LogP contribution >= 0.6 is 11.8 Å². The molecule has 0 aliphatic carbocycles. The summed E-state index contributed by atoms with van der Waals surface area (Å²) in [5.41, 5.74) is 0.697. The second-order valence-electron chi connectivity index (χ2n) is 4.71. The first-order valence-corrected chi connectivity index (χ1v) is 7.77. The van der Waals surface area contributed by atoms with Crippen molar-refractivity contribution in [2.45, 2.75) is 38.2 Å². The fraction of sp³-hybridized carbons (Fsp3) is 0.538. The predicted molar refractivity (Wildman–Crippen MR) is 78.8 cm³/mol. The van der Waals surface area contributed by atoms with Gasteiger partial charge in [-0.1, -0.05) is 6.92 Å². The lowest BCUT2D eigenvalue weighted by Gasteiger charge is -2.26. The average molecular weight is 310 g/mol. The summed E-state index contributed by atoms with van der Waals surface area (Å²) < 4.78 is 0. The van der Waals surface area contributed by atoms with E-state index >= 15 is 0 Å². The summed E-state index contributed by atoms with van der Waals surface area (Å²) in [6.07, 6.45) is 2.35. The fourth-order valence-corrected chi connectivity index (χ4v) is 3.55. The van der Waals surface area contributed by atoms with Gasteiger partial charge in [-0.15, -0.1) is 11.8 Å². The second-order valence-corrected chi connectivity index (χ2v) is 5.92. The molecule has 0 bridgehead atoms. The Balaban J connectivity index is 2.02. The predicted octanol–water partition coefficient (Wildman–Crippen LogP) is 1.23. The van der Waals surface area contributed by atoms with E-state index in [-0.39, 0.29) is 17.9 Å². The third-order valence-corrected chi connectivity index (χ3v) is 4.67. The van der Waals surface area contributed by atoms with Gasteiger partial charge in [-0.05, 0) is 19.4 Å². The van der Waals surface area contributed by atoms with Crippen molar-refractivity contribution in [1.29, 1.82) is 0 Å². The van der Waals surface area contributed by atoms with Gasteiger partial charge in [0, 0.05) is 11.9 Å². The van der Waals surface area contributed by atoms with Gasteiger partial charge in [0.2, 0.25) is 0 Å². The van der Waals surface area contributed by atoms with Gasteiger partial charge in [-0.2, -0.15) is 0 Å². The van der Waals surface area contributed by atoms with E-state index in [1.807, 2.05) is 6.92 Å². The number of carboxylic acids is 1. The summed E-state index contributed by atoms with van der Waals surface area (Å²) >= 11 is 1.50. The number of thioether (sulfide) groups is 1. The van der Waals surface area contributed by atoms with Crippen LogP contribution in [0.25, 0.3) is 0 Å². The summed E-state index contributed by atoms with van der Waals surface area (Å²) in [5.74, 6) is 0.0910. The van der Waals surface area contributed by atoms with Crippen LogP contribution in [0.5, 0.6) is 0 Å². The van der Waals surface area contributed by atoms with Crippen molar-refractivity contribution in [3.05, 3.63) is 23.8 Å². The Morgan fingerprint density at radius 1 is 1.57 bits per heavy atom. The Labute approximate surface area is 127 Å². The topological polar surface area (TPSA) is 95.4 Å². The Bertz CT molecular complexity index is 540. The van der Waals surface area contributed by atoms with E-state index in [1.54, 1.807) is 19.2 Å². The van der Waals surface area contributed by atoms with Gasteiger partial charge >= 0.3 is 12.0 Å². The Kier molecular flexibility index (Phi) is 5.00. The maximum absolute atomic E-state index is 12.3. The number of aryl methyl sites for hydroxylation is 1. The highest BCUT2D eigenvalue weighted by molar-refractivity contribution is 8.00. The highest BCUT2D eigenvalue weighted by Gasteiger charge is 2.40. The highest BCUT2D eigenvalue weighted by Crippen LogP contribution is 2.31. The zero-order valence-electron chi connectivity index (χ0n) is 11.9. The number of urea groups is 1. The van der Waals surface area contributed by atoms with E-state index in [0.717, 1.165) is 0 Å². The molecule has 1 fully saturated rings. The molecular weight excluding hydrogens is 292 g/mol. The minimum Gasteiger partial charge on any atom is -0.480 e. The van der Waals surface area contributed by atoms with E-state index in [9.17, 15) is 14.7 Å². The smallest absolute Gasteiger partial charge is 0.327 e. The average Bonchev–Trinajstić information content (AvgIpc) is 2.89. The first-order chi connectivity index (χ1) is 10.0. The minimum absolute atomic E-state index is 0.0989. The van der Waals surface area contributed by atoms with Crippen molar-refractivity contribution < 1.29 is 14.7 Å². The van der Waals surface area contributed by atoms with Gasteiger partial charge in [-0.3, -0.25) is 4.90 Å². The maximum Gasteiger partial charge on any atom is 0.327 e. The van der Waals surface area contributed by atoms with E-state index in [1.165, 1.54) is 16.7 Å².